The summed E-state index contributed by atoms with van der Waals surface area (Å²) in [5.74, 6) is -0.213. The third kappa shape index (κ3) is 3.88. The number of alkyl halides is 2. The third-order valence-corrected chi connectivity index (χ3v) is 5.93. The van der Waals surface area contributed by atoms with Crippen molar-refractivity contribution in [3.05, 3.63) is 76.2 Å². The fourth-order valence-corrected chi connectivity index (χ4v) is 4.15. The van der Waals surface area contributed by atoms with Crippen LogP contribution in [0, 0.1) is 12.7 Å². The molecule has 2 N–H and O–H groups in total. The summed E-state index contributed by atoms with van der Waals surface area (Å²) in [4.78, 5) is 21.6. The number of benzene rings is 1. The number of anilines is 1. The lowest BCUT2D eigenvalue weighted by Gasteiger charge is -2.27. The summed E-state index contributed by atoms with van der Waals surface area (Å²) in [5.41, 5.74) is -0.773. The molecular weight excluding hydrogens is 419 g/mol. The first kappa shape index (κ1) is 22.0. The molecule has 6 nitrogen and oxygen atoms in total. The lowest BCUT2D eigenvalue weighted by Crippen LogP contribution is -2.39. The molecule has 0 spiro atoms. The fraction of sp³-hybridized carbons (Fsp3) is 0.348. The van der Waals surface area contributed by atoms with Crippen LogP contribution >= 0.6 is 0 Å². The van der Waals surface area contributed by atoms with Gasteiger partial charge in [-0.1, -0.05) is 24.3 Å². The molecule has 0 radical (unpaired) electrons. The van der Waals surface area contributed by atoms with Gasteiger partial charge in [0.15, 0.2) is 0 Å². The second-order valence-electron chi connectivity index (χ2n) is 8.23. The van der Waals surface area contributed by atoms with Gasteiger partial charge in [0.2, 0.25) is 0 Å². The highest BCUT2D eigenvalue weighted by atomic mass is 19.3. The molecular formula is C23H24F3N5O. The van der Waals surface area contributed by atoms with Gasteiger partial charge in [0, 0.05) is 24.4 Å². The Labute approximate surface area is 183 Å². The van der Waals surface area contributed by atoms with Crippen LogP contribution in [-0.4, -0.2) is 27.6 Å². The average Bonchev–Trinajstić information content (AvgIpc) is 3.18. The van der Waals surface area contributed by atoms with Gasteiger partial charge in [-0.05, 0) is 26.8 Å². The summed E-state index contributed by atoms with van der Waals surface area (Å²) in [6, 6.07) is 4.50. The molecule has 3 heterocycles. The minimum absolute atomic E-state index is 0.0301. The van der Waals surface area contributed by atoms with Crippen LogP contribution in [0.2, 0.25) is 0 Å². The van der Waals surface area contributed by atoms with Crippen LogP contribution in [0.4, 0.5) is 19.0 Å². The van der Waals surface area contributed by atoms with E-state index < -0.39 is 29.4 Å². The number of hydrogen-bond donors (Lipinski definition) is 2. The Morgan fingerprint density at radius 2 is 2.06 bits per heavy atom. The van der Waals surface area contributed by atoms with Gasteiger partial charge in [0.1, 0.15) is 17.5 Å². The highest BCUT2D eigenvalue weighted by Crippen LogP contribution is 2.31. The number of hydrogen-bond acceptors (Lipinski definition) is 5. The lowest BCUT2D eigenvalue weighted by molar-refractivity contribution is 0.146. The number of aromatic nitrogens is 3. The van der Waals surface area contributed by atoms with Crippen molar-refractivity contribution >= 4 is 16.7 Å². The van der Waals surface area contributed by atoms with E-state index in [0.717, 1.165) is 19.0 Å². The fourth-order valence-electron chi connectivity index (χ4n) is 4.15. The van der Waals surface area contributed by atoms with Gasteiger partial charge in [-0.25, -0.2) is 23.1 Å². The summed E-state index contributed by atoms with van der Waals surface area (Å²) >= 11 is 0. The Balaban J connectivity index is 1.82. The number of nitrogens with zero attached hydrogens (tertiary/aromatic N) is 3. The van der Waals surface area contributed by atoms with Crippen molar-refractivity contribution in [2.24, 2.45) is 0 Å². The van der Waals surface area contributed by atoms with Crippen LogP contribution in [0.1, 0.15) is 42.8 Å². The Morgan fingerprint density at radius 1 is 1.31 bits per heavy atom. The molecule has 1 saturated heterocycles. The van der Waals surface area contributed by atoms with E-state index in [-0.39, 0.29) is 11.1 Å². The second-order valence-corrected chi connectivity index (χ2v) is 8.23. The predicted molar refractivity (Wildman–Crippen MR) is 118 cm³/mol. The van der Waals surface area contributed by atoms with E-state index in [4.69, 9.17) is 0 Å². The standard InChI is InChI=1S/C23H24F3N5O/c1-4-17(14-6-5-7-15(20(14)24)21(25)26)30-22-16-11-31(23(3)8-9-27-12-23)19(32)10-18(16)28-13(2)29-22/h4-7,10-11,17,21,27H,1,8-9,12H2,2-3H3,(H,28,29,30)/t17-,23?/m1/s1. The van der Waals surface area contributed by atoms with E-state index in [1.165, 1.54) is 24.3 Å². The summed E-state index contributed by atoms with van der Waals surface area (Å²) in [7, 11) is 0. The maximum atomic E-state index is 14.8. The first-order valence-electron chi connectivity index (χ1n) is 10.3. The van der Waals surface area contributed by atoms with Crippen LogP contribution in [0.15, 0.2) is 47.9 Å². The molecule has 1 aliphatic heterocycles. The largest absolute Gasteiger partial charge is 0.359 e. The summed E-state index contributed by atoms with van der Waals surface area (Å²) in [6.07, 6.45) is 0.986. The molecule has 2 atom stereocenters. The van der Waals surface area contributed by atoms with Crippen molar-refractivity contribution in [1.82, 2.24) is 19.9 Å². The van der Waals surface area contributed by atoms with Crippen LogP contribution in [-0.2, 0) is 5.54 Å². The van der Waals surface area contributed by atoms with Gasteiger partial charge in [0.05, 0.1) is 28.0 Å². The number of fused-ring (bicyclic) bond motifs is 1. The second kappa shape index (κ2) is 8.38. The summed E-state index contributed by atoms with van der Waals surface area (Å²) in [6.45, 7) is 8.86. The van der Waals surface area contributed by atoms with Crippen molar-refractivity contribution in [2.45, 2.75) is 38.3 Å². The van der Waals surface area contributed by atoms with Crippen molar-refractivity contribution < 1.29 is 13.2 Å². The minimum Gasteiger partial charge on any atom is -0.359 e. The van der Waals surface area contributed by atoms with Crippen molar-refractivity contribution in [3.63, 3.8) is 0 Å². The van der Waals surface area contributed by atoms with Crippen LogP contribution < -0.4 is 16.2 Å². The van der Waals surface area contributed by atoms with E-state index in [0.29, 0.717) is 29.1 Å². The van der Waals surface area contributed by atoms with Gasteiger partial charge < -0.3 is 15.2 Å². The SMILES string of the molecule is C=C[C@@H](Nc1nc(C)nc2cc(=O)n(C3(C)CCNC3)cc12)c1cccc(C(F)F)c1F. The van der Waals surface area contributed by atoms with Gasteiger partial charge in [-0.15, -0.1) is 6.58 Å². The molecule has 4 rings (SSSR count). The highest BCUT2D eigenvalue weighted by Gasteiger charge is 2.31. The van der Waals surface area contributed by atoms with Crippen molar-refractivity contribution in [2.75, 3.05) is 18.4 Å². The smallest absolute Gasteiger partial charge is 0.266 e. The van der Waals surface area contributed by atoms with Crippen molar-refractivity contribution in [3.8, 4) is 0 Å². The Bertz CT molecular complexity index is 1230. The zero-order valence-corrected chi connectivity index (χ0v) is 17.8. The Hall–Kier alpha value is -3.20. The lowest BCUT2D eigenvalue weighted by atomic mass is 10.0. The number of aryl methyl sites for hydroxylation is 1. The van der Waals surface area contributed by atoms with E-state index >= 15 is 0 Å². The number of halogens is 3. The molecule has 0 bridgehead atoms. The molecule has 2 aromatic heterocycles. The van der Waals surface area contributed by atoms with E-state index in [2.05, 4.69) is 27.2 Å². The Kier molecular flexibility index (Phi) is 5.77. The zero-order valence-electron chi connectivity index (χ0n) is 17.8. The van der Waals surface area contributed by atoms with Crippen LogP contribution in [0.3, 0.4) is 0 Å². The van der Waals surface area contributed by atoms with Gasteiger partial charge in [0.25, 0.3) is 12.0 Å². The van der Waals surface area contributed by atoms with E-state index in [1.54, 1.807) is 17.7 Å². The molecule has 9 heteroatoms. The molecule has 1 aliphatic rings. The third-order valence-electron chi connectivity index (χ3n) is 5.93. The zero-order chi connectivity index (χ0) is 23.0. The molecule has 1 aromatic carbocycles. The normalized spacial score (nSPS) is 19.4. The van der Waals surface area contributed by atoms with Gasteiger partial charge in [-0.2, -0.15) is 0 Å². The summed E-state index contributed by atoms with van der Waals surface area (Å²) in [5, 5.41) is 6.94. The maximum Gasteiger partial charge on any atom is 0.266 e. The highest BCUT2D eigenvalue weighted by molar-refractivity contribution is 5.88. The topological polar surface area (TPSA) is 71.8 Å². The van der Waals surface area contributed by atoms with Gasteiger partial charge in [-0.3, -0.25) is 4.79 Å². The molecule has 0 saturated carbocycles. The first-order valence-corrected chi connectivity index (χ1v) is 10.3. The summed E-state index contributed by atoms with van der Waals surface area (Å²) < 4.78 is 42.8. The Morgan fingerprint density at radius 3 is 2.72 bits per heavy atom. The molecule has 1 unspecified atom stereocenters. The quantitative estimate of drug-likeness (QED) is 0.558. The molecule has 0 amide bonds. The predicted octanol–water partition coefficient (Wildman–Crippen LogP) is 4.22. The molecule has 1 fully saturated rings. The molecule has 168 valence electrons. The minimum atomic E-state index is -2.93. The molecule has 32 heavy (non-hydrogen) atoms. The monoisotopic (exact) mass is 443 g/mol. The number of nitrogens with one attached hydrogen (secondary N) is 2. The first-order chi connectivity index (χ1) is 15.2. The maximum absolute atomic E-state index is 14.8. The number of rotatable bonds is 6. The number of pyridine rings is 1. The average molecular weight is 443 g/mol. The van der Waals surface area contributed by atoms with E-state index in [9.17, 15) is 18.0 Å². The van der Waals surface area contributed by atoms with Crippen LogP contribution in [0.25, 0.3) is 10.9 Å². The molecule has 3 aromatic rings. The van der Waals surface area contributed by atoms with Gasteiger partial charge >= 0.3 is 0 Å². The molecule has 0 aliphatic carbocycles. The van der Waals surface area contributed by atoms with Crippen LogP contribution in [0.5, 0.6) is 0 Å². The van der Waals surface area contributed by atoms with E-state index in [1.807, 2.05) is 6.92 Å². The van der Waals surface area contributed by atoms with Crippen molar-refractivity contribution in [1.29, 1.82) is 0 Å².